The third-order valence-corrected chi connectivity index (χ3v) is 4.23. The minimum atomic E-state index is -0.307. The van der Waals surface area contributed by atoms with Gasteiger partial charge in [-0.05, 0) is 48.5 Å². The molecule has 0 aromatic heterocycles. The number of benzene rings is 3. The van der Waals surface area contributed by atoms with Crippen molar-refractivity contribution in [2.45, 2.75) is 13.2 Å². The van der Waals surface area contributed by atoms with Gasteiger partial charge in [0.25, 0.3) is 0 Å². The predicted octanol–water partition coefficient (Wildman–Crippen LogP) is 5.44. The Labute approximate surface area is 152 Å². The number of nitrogens with one attached hydrogen (secondary N) is 1. The van der Waals surface area contributed by atoms with Crippen LogP contribution in [0.5, 0.6) is 5.75 Å². The molecule has 0 atom stereocenters. The van der Waals surface area contributed by atoms with Crippen LogP contribution >= 0.6 is 11.6 Å². The molecule has 0 aliphatic rings. The number of ether oxygens (including phenoxy) is 1. The Morgan fingerprint density at radius 3 is 2.56 bits per heavy atom. The fourth-order valence-electron chi connectivity index (χ4n) is 2.67. The Morgan fingerprint density at radius 2 is 1.80 bits per heavy atom. The molecule has 0 unspecified atom stereocenters. The molecule has 0 aliphatic carbocycles. The van der Waals surface area contributed by atoms with E-state index in [-0.39, 0.29) is 5.82 Å². The van der Waals surface area contributed by atoms with Crippen LogP contribution in [0.15, 0.2) is 66.7 Å². The highest BCUT2D eigenvalue weighted by Gasteiger charge is 2.10. The number of halogens is 2. The van der Waals surface area contributed by atoms with Crippen molar-refractivity contribution < 1.29 is 9.13 Å². The highest BCUT2D eigenvalue weighted by molar-refractivity contribution is 6.33. The zero-order valence-electron chi connectivity index (χ0n) is 13.9. The normalized spacial score (nSPS) is 10.7. The van der Waals surface area contributed by atoms with Crippen molar-refractivity contribution in [2.75, 3.05) is 7.05 Å². The number of hydrogen-bond acceptors (Lipinski definition) is 2. The maximum Gasteiger partial charge on any atom is 0.124 e. The van der Waals surface area contributed by atoms with Gasteiger partial charge in [-0.25, -0.2) is 4.39 Å². The van der Waals surface area contributed by atoms with Gasteiger partial charge in [0, 0.05) is 22.7 Å². The first-order valence-electron chi connectivity index (χ1n) is 8.07. The number of rotatable bonds is 6. The smallest absolute Gasteiger partial charge is 0.124 e. The average Bonchev–Trinajstić information content (AvgIpc) is 2.64. The lowest BCUT2D eigenvalue weighted by atomic mass is 10.0. The fourth-order valence-corrected chi connectivity index (χ4v) is 2.90. The van der Waals surface area contributed by atoms with Crippen molar-refractivity contribution >= 4 is 11.6 Å². The SMILES string of the molecule is CNCc1cc(-c2cc(F)ccc2Cl)ccc1OCc1ccccc1. The summed E-state index contributed by atoms with van der Waals surface area (Å²) in [6, 6.07) is 20.2. The fraction of sp³-hybridized carbons (Fsp3) is 0.143. The van der Waals surface area contributed by atoms with Crippen LogP contribution in [0.25, 0.3) is 11.1 Å². The topological polar surface area (TPSA) is 21.3 Å². The summed E-state index contributed by atoms with van der Waals surface area (Å²) in [6.07, 6.45) is 0. The summed E-state index contributed by atoms with van der Waals surface area (Å²) in [5.41, 5.74) is 3.64. The average molecular weight is 356 g/mol. The first kappa shape index (κ1) is 17.5. The summed E-state index contributed by atoms with van der Waals surface area (Å²) in [7, 11) is 1.88. The lowest BCUT2D eigenvalue weighted by Gasteiger charge is -2.14. The maximum absolute atomic E-state index is 13.6. The molecule has 0 saturated carbocycles. The van der Waals surface area contributed by atoms with Crippen LogP contribution in [-0.2, 0) is 13.2 Å². The van der Waals surface area contributed by atoms with Crippen molar-refractivity contribution in [2.24, 2.45) is 0 Å². The highest BCUT2D eigenvalue weighted by atomic mass is 35.5. The second kappa shape index (κ2) is 8.15. The summed E-state index contributed by atoms with van der Waals surface area (Å²) in [5.74, 6) is 0.494. The molecule has 0 radical (unpaired) electrons. The first-order valence-corrected chi connectivity index (χ1v) is 8.45. The van der Waals surface area contributed by atoms with Crippen molar-refractivity contribution in [1.82, 2.24) is 5.32 Å². The van der Waals surface area contributed by atoms with Crippen molar-refractivity contribution in [3.05, 3.63) is 88.7 Å². The van der Waals surface area contributed by atoms with E-state index >= 15 is 0 Å². The second-order valence-electron chi connectivity index (χ2n) is 5.75. The molecule has 1 N–H and O–H groups in total. The van der Waals surface area contributed by atoms with Crippen molar-refractivity contribution in [3.63, 3.8) is 0 Å². The Hall–Kier alpha value is -2.36. The number of hydrogen-bond donors (Lipinski definition) is 1. The Kier molecular flexibility index (Phi) is 5.69. The van der Waals surface area contributed by atoms with Crippen molar-refractivity contribution in [3.8, 4) is 16.9 Å². The summed E-state index contributed by atoms with van der Waals surface area (Å²) < 4.78 is 19.5. The van der Waals surface area contributed by atoms with E-state index in [4.69, 9.17) is 16.3 Å². The first-order chi connectivity index (χ1) is 12.2. The molecule has 0 fully saturated rings. The quantitative estimate of drug-likeness (QED) is 0.635. The van der Waals surface area contributed by atoms with Crippen LogP contribution in [0.2, 0.25) is 5.02 Å². The van der Waals surface area contributed by atoms with Gasteiger partial charge in [0.2, 0.25) is 0 Å². The molecule has 25 heavy (non-hydrogen) atoms. The van der Waals surface area contributed by atoms with Crippen LogP contribution in [0.3, 0.4) is 0 Å². The molecular formula is C21H19ClFNO. The van der Waals surface area contributed by atoms with Gasteiger partial charge in [-0.15, -0.1) is 0 Å². The van der Waals surface area contributed by atoms with Gasteiger partial charge >= 0.3 is 0 Å². The Morgan fingerprint density at radius 1 is 1.00 bits per heavy atom. The standard InChI is InChI=1S/C21H19ClFNO/c1-24-13-17-11-16(19-12-18(23)8-9-20(19)22)7-10-21(17)25-14-15-5-3-2-4-6-15/h2-12,24H,13-14H2,1H3. The summed E-state index contributed by atoms with van der Waals surface area (Å²) in [6.45, 7) is 1.14. The van der Waals surface area contributed by atoms with E-state index in [1.807, 2.05) is 55.6 Å². The highest BCUT2D eigenvalue weighted by Crippen LogP contribution is 2.32. The molecule has 0 amide bonds. The Balaban J connectivity index is 1.88. The third-order valence-electron chi connectivity index (χ3n) is 3.90. The van der Waals surface area contributed by atoms with Gasteiger partial charge in [-0.3, -0.25) is 0 Å². The molecule has 4 heteroatoms. The van der Waals surface area contributed by atoms with Gasteiger partial charge in [-0.2, -0.15) is 0 Å². The zero-order valence-corrected chi connectivity index (χ0v) is 14.7. The molecule has 0 spiro atoms. The summed E-state index contributed by atoms with van der Waals surface area (Å²) in [5, 5.41) is 3.66. The van der Waals surface area contributed by atoms with E-state index in [9.17, 15) is 4.39 Å². The van der Waals surface area contributed by atoms with E-state index in [2.05, 4.69) is 5.32 Å². The van der Waals surface area contributed by atoms with Gasteiger partial charge in [-0.1, -0.05) is 48.0 Å². The lowest BCUT2D eigenvalue weighted by Crippen LogP contribution is -2.08. The predicted molar refractivity (Wildman–Crippen MR) is 100 cm³/mol. The summed E-state index contributed by atoms with van der Waals surface area (Å²) in [4.78, 5) is 0. The van der Waals surface area contributed by atoms with Crippen LogP contribution in [0.4, 0.5) is 4.39 Å². The van der Waals surface area contributed by atoms with E-state index in [0.717, 1.165) is 22.4 Å². The molecule has 128 valence electrons. The molecule has 0 heterocycles. The van der Waals surface area contributed by atoms with Crippen molar-refractivity contribution in [1.29, 1.82) is 0 Å². The molecule has 3 rings (SSSR count). The summed E-state index contributed by atoms with van der Waals surface area (Å²) >= 11 is 6.23. The molecule has 2 nitrogen and oxygen atoms in total. The Bertz CT molecular complexity index is 852. The maximum atomic E-state index is 13.6. The zero-order chi connectivity index (χ0) is 17.6. The van der Waals surface area contributed by atoms with Crippen LogP contribution in [0.1, 0.15) is 11.1 Å². The monoisotopic (exact) mass is 355 g/mol. The molecular weight excluding hydrogens is 337 g/mol. The molecule has 3 aromatic rings. The van der Waals surface area contributed by atoms with E-state index in [0.29, 0.717) is 23.7 Å². The molecule has 0 aliphatic heterocycles. The van der Waals surface area contributed by atoms with Crippen LogP contribution in [0, 0.1) is 5.82 Å². The lowest BCUT2D eigenvalue weighted by molar-refractivity contribution is 0.302. The van der Waals surface area contributed by atoms with Gasteiger partial charge in [0.05, 0.1) is 0 Å². The molecule has 3 aromatic carbocycles. The van der Waals surface area contributed by atoms with E-state index < -0.39 is 0 Å². The van der Waals surface area contributed by atoms with Gasteiger partial charge in [0.15, 0.2) is 0 Å². The van der Waals surface area contributed by atoms with E-state index in [1.54, 1.807) is 6.07 Å². The van der Waals surface area contributed by atoms with Gasteiger partial charge < -0.3 is 10.1 Å². The third kappa shape index (κ3) is 4.38. The second-order valence-corrected chi connectivity index (χ2v) is 6.16. The molecule has 0 bridgehead atoms. The molecule has 0 saturated heterocycles. The van der Waals surface area contributed by atoms with Crippen LogP contribution in [-0.4, -0.2) is 7.05 Å². The minimum absolute atomic E-state index is 0.307. The van der Waals surface area contributed by atoms with Gasteiger partial charge in [0.1, 0.15) is 18.2 Å². The van der Waals surface area contributed by atoms with Crippen LogP contribution < -0.4 is 10.1 Å². The van der Waals surface area contributed by atoms with E-state index in [1.165, 1.54) is 12.1 Å². The minimum Gasteiger partial charge on any atom is -0.489 e. The largest absolute Gasteiger partial charge is 0.489 e.